The van der Waals surface area contributed by atoms with Gasteiger partial charge in [0.15, 0.2) is 5.43 Å². The summed E-state index contributed by atoms with van der Waals surface area (Å²) in [7, 11) is 0. The minimum Gasteiger partial charge on any atom is -0.491 e. The molecule has 0 bridgehead atoms. The maximum absolute atomic E-state index is 12.2. The molecule has 1 aromatic heterocycles. The molecule has 3 rings (SSSR count). The van der Waals surface area contributed by atoms with Crippen molar-refractivity contribution < 1.29 is 23.7 Å². The molecule has 2 aromatic carbocycles. The van der Waals surface area contributed by atoms with Crippen LogP contribution >= 0.6 is 0 Å². The number of aliphatic hydroxyl groups is 1. The highest BCUT2D eigenvalue weighted by Crippen LogP contribution is 2.24. The average Bonchev–Trinajstić information content (AvgIpc) is 2.78. The molecule has 0 aliphatic rings. The van der Waals surface area contributed by atoms with Crippen LogP contribution in [0.5, 0.6) is 5.75 Å². The Hall–Kier alpha value is -2.71. The first-order chi connectivity index (χ1) is 14.8. The first-order valence-electron chi connectivity index (χ1n) is 10.0. The van der Waals surface area contributed by atoms with Gasteiger partial charge in [0.1, 0.15) is 23.7 Å². The second-order valence-electron chi connectivity index (χ2n) is 6.54. The lowest BCUT2D eigenvalue weighted by atomic mass is 10.1. The quantitative estimate of drug-likeness (QED) is 0.416. The van der Waals surface area contributed by atoms with Crippen LogP contribution in [-0.2, 0) is 9.47 Å². The van der Waals surface area contributed by atoms with Gasteiger partial charge in [0.2, 0.25) is 0 Å². The predicted molar refractivity (Wildman–Crippen MR) is 115 cm³/mol. The van der Waals surface area contributed by atoms with Gasteiger partial charge in [-0.1, -0.05) is 12.1 Å². The van der Waals surface area contributed by atoms with Gasteiger partial charge in [0.25, 0.3) is 0 Å². The van der Waals surface area contributed by atoms with E-state index < -0.39 is 0 Å². The second-order valence-corrected chi connectivity index (χ2v) is 6.54. The van der Waals surface area contributed by atoms with Crippen LogP contribution in [0, 0.1) is 0 Å². The molecule has 0 unspecified atom stereocenters. The molecule has 0 aliphatic carbocycles. The summed E-state index contributed by atoms with van der Waals surface area (Å²) in [6.07, 6.45) is 0. The fourth-order valence-electron chi connectivity index (χ4n) is 2.86. The Morgan fingerprint density at radius 3 is 2.37 bits per heavy atom. The third-order valence-corrected chi connectivity index (χ3v) is 4.35. The topological polar surface area (TPSA) is 90.2 Å². The third-order valence-electron chi connectivity index (χ3n) is 4.35. The molecule has 7 heteroatoms. The van der Waals surface area contributed by atoms with Crippen molar-refractivity contribution >= 4 is 11.0 Å². The highest BCUT2D eigenvalue weighted by atomic mass is 16.5. The van der Waals surface area contributed by atoms with Crippen molar-refractivity contribution in [3.8, 4) is 17.1 Å². The Morgan fingerprint density at radius 1 is 0.867 bits per heavy atom. The summed E-state index contributed by atoms with van der Waals surface area (Å²) >= 11 is 0. The molecule has 0 aliphatic heterocycles. The zero-order chi connectivity index (χ0) is 21.0. The molecule has 0 amide bonds. The number of ether oxygens (including phenoxy) is 3. The molecule has 0 radical (unpaired) electrons. The predicted octanol–water partition coefficient (Wildman–Crippen LogP) is 2.45. The van der Waals surface area contributed by atoms with E-state index in [0.29, 0.717) is 49.8 Å². The maximum atomic E-state index is 12.2. The van der Waals surface area contributed by atoms with Crippen LogP contribution in [0.2, 0.25) is 0 Å². The van der Waals surface area contributed by atoms with E-state index in [9.17, 15) is 4.79 Å². The van der Waals surface area contributed by atoms with Crippen LogP contribution in [0.25, 0.3) is 22.3 Å². The van der Waals surface area contributed by atoms with Gasteiger partial charge in [0, 0.05) is 24.7 Å². The van der Waals surface area contributed by atoms with Crippen molar-refractivity contribution in [3.63, 3.8) is 0 Å². The van der Waals surface area contributed by atoms with Crippen LogP contribution in [0.3, 0.4) is 0 Å². The summed E-state index contributed by atoms with van der Waals surface area (Å²) in [6.45, 7) is 3.97. The normalized spacial score (nSPS) is 11.1. The molecule has 30 heavy (non-hydrogen) atoms. The van der Waals surface area contributed by atoms with Crippen molar-refractivity contribution in [2.24, 2.45) is 0 Å². The summed E-state index contributed by atoms with van der Waals surface area (Å²) in [5.74, 6) is 1.26. The smallest absolute Gasteiger partial charge is 0.193 e. The summed E-state index contributed by atoms with van der Waals surface area (Å²) in [5.41, 5.74) is 1.33. The van der Waals surface area contributed by atoms with E-state index in [-0.39, 0.29) is 12.0 Å². The minimum absolute atomic E-state index is 0.0473. The molecule has 3 aromatic rings. The minimum atomic E-state index is -0.0588. The number of para-hydroxylation sites is 1. The number of rotatable bonds is 13. The second kappa shape index (κ2) is 12.1. The number of hydrogen-bond donors (Lipinski definition) is 2. The van der Waals surface area contributed by atoms with E-state index in [1.54, 1.807) is 12.1 Å². The molecule has 0 atom stereocenters. The number of fused-ring (bicyclic) bond motifs is 1. The van der Waals surface area contributed by atoms with Gasteiger partial charge in [-0.15, -0.1) is 0 Å². The van der Waals surface area contributed by atoms with E-state index in [1.807, 2.05) is 36.4 Å². The van der Waals surface area contributed by atoms with Crippen LogP contribution in [0.15, 0.2) is 63.8 Å². The Morgan fingerprint density at radius 2 is 1.60 bits per heavy atom. The van der Waals surface area contributed by atoms with Crippen LogP contribution in [0.1, 0.15) is 0 Å². The molecular formula is C23H27NO6. The van der Waals surface area contributed by atoms with Gasteiger partial charge in [-0.3, -0.25) is 4.79 Å². The Bertz CT molecular complexity index is 954. The van der Waals surface area contributed by atoms with Crippen molar-refractivity contribution in [1.82, 2.24) is 5.32 Å². The fourth-order valence-corrected chi connectivity index (χ4v) is 2.86. The Balaban J connectivity index is 1.38. The molecule has 0 spiro atoms. The standard InChI is InChI=1S/C23H27NO6/c25-11-14-27-12-9-24-10-13-28-15-16-29-19-7-5-18(6-8-19)23-17-21(26)20-3-1-2-4-22(20)30-23/h1-8,17,24-25H,9-16H2. The van der Waals surface area contributed by atoms with E-state index in [4.69, 9.17) is 23.7 Å². The molecule has 0 saturated heterocycles. The fraction of sp³-hybridized carbons (Fsp3) is 0.348. The lowest BCUT2D eigenvalue weighted by molar-refractivity contribution is 0.0864. The molecule has 2 N–H and O–H groups in total. The number of nitrogens with one attached hydrogen (secondary N) is 1. The zero-order valence-corrected chi connectivity index (χ0v) is 16.8. The molecule has 0 saturated carbocycles. The van der Waals surface area contributed by atoms with Crippen molar-refractivity contribution in [2.75, 3.05) is 52.7 Å². The highest BCUT2D eigenvalue weighted by Gasteiger charge is 2.06. The van der Waals surface area contributed by atoms with E-state index in [1.165, 1.54) is 6.07 Å². The van der Waals surface area contributed by atoms with Gasteiger partial charge >= 0.3 is 0 Å². The third kappa shape index (κ3) is 6.67. The summed E-state index contributed by atoms with van der Waals surface area (Å²) < 4.78 is 22.2. The first kappa shape index (κ1) is 22.0. The summed E-state index contributed by atoms with van der Waals surface area (Å²) in [4.78, 5) is 12.2. The zero-order valence-electron chi connectivity index (χ0n) is 16.8. The summed E-state index contributed by atoms with van der Waals surface area (Å²) in [5, 5.41) is 12.4. The Kier molecular flexibility index (Phi) is 8.86. The van der Waals surface area contributed by atoms with Crippen LogP contribution in [0.4, 0.5) is 0 Å². The van der Waals surface area contributed by atoms with E-state index in [2.05, 4.69) is 5.32 Å². The van der Waals surface area contributed by atoms with Gasteiger partial charge in [-0.05, 0) is 36.4 Å². The van der Waals surface area contributed by atoms with Gasteiger partial charge in [-0.25, -0.2) is 0 Å². The van der Waals surface area contributed by atoms with Gasteiger partial charge < -0.3 is 29.1 Å². The number of benzene rings is 2. The lowest BCUT2D eigenvalue weighted by Gasteiger charge is -2.09. The van der Waals surface area contributed by atoms with E-state index >= 15 is 0 Å². The van der Waals surface area contributed by atoms with Crippen molar-refractivity contribution in [2.45, 2.75) is 0 Å². The number of hydrogen-bond acceptors (Lipinski definition) is 7. The van der Waals surface area contributed by atoms with Crippen molar-refractivity contribution in [1.29, 1.82) is 0 Å². The SMILES string of the molecule is O=c1cc(-c2ccc(OCCOCCNCCOCCO)cc2)oc2ccccc12. The first-order valence-corrected chi connectivity index (χ1v) is 10.0. The average molecular weight is 413 g/mol. The molecule has 7 nitrogen and oxygen atoms in total. The van der Waals surface area contributed by atoms with Crippen LogP contribution < -0.4 is 15.5 Å². The monoisotopic (exact) mass is 413 g/mol. The largest absolute Gasteiger partial charge is 0.491 e. The van der Waals surface area contributed by atoms with Gasteiger partial charge in [0.05, 0.1) is 38.4 Å². The Labute approximate surface area is 175 Å². The maximum Gasteiger partial charge on any atom is 0.193 e. The van der Waals surface area contributed by atoms with Gasteiger partial charge in [-0.2, -0.15) is 0 Å². The lowest BCUT2D eigenvalue weighted by Crippen LogP contribution is -2.25. The number of aliphatic hydroxyl groups excluding tert-OH is 1. The highest BCUT2D eigenvalue weighted by molar-refractivity contribution is 5.78. The van der Waals surface area contributed by atoms with Crippen LogP contribution in [-0.4, -0.2) is 57.8 Å². The van der Waals surface area contributed by atoms with Crippen molar-refractivity contribution in [3.05, 3.63) is 64.8 Å². The van der Waals surface area contributed by atoms with E-state index in [0.717, 1.165) is 24.4 Å². The molecular weight excluding hydrogens is 386 g/mol. The summed E-state index contributed by atoms with van der Waals surface area (Å²) in [6, 6.07) is 16.2. The molecule has 1 heterocycles. The molecule has 160 valence electrons. The molecule has 0 fully saturated rings.